The van der Waals surface area contributed by atoms with Crippen molar-refractivity contribution in [2.24, 2.45) is 0 Å². The Labute approximate surface area is 179 Å². The molecule has 29 heavy (non-hydrogen) atoms. The monoisotopic (exact) mass is 449 g/mol. The summed E-state index contributed by atoms with van der Waals surface area (Å²) in [5.74, 6) is 0.166. The van der Waals surface area contributed by atoms with Gasteiger partial charge < -0.3 is 8.92 Å². The Morgan fingerprint density at radius 2 is 1.93 bits per heavy atom. The van der Waals surface area contributed by atoms with Crippen LogP contribution in [0.5, 0.6) is 11.5 Å². The zero-order valence-electron chi connectivity index (χ0n) is 16.0. The topological polar surface area (TPSA) is 72.9 Å². The maximum atomic E-state index is 12.9. The van der Waals surface area contributed by atoms with Gasteiger partial charge in [0.25, 0.3) is 5.91 Å². The lowest BCUT2D eigenvalue weighted by molar-refractivity contribution is -0.113. The van der Waals surface area contributed by atoms with Gasteiger partial charge >= 0.3 is 10.1 Å². The molecule has 2 aromatic rings. The highest BCUT2D eigenvalue weighted by molar-refractivity contribution is 8.27. The highest BCUT2D eigenvalue weighted by Crippen LogP contribution is 2.37. The molecule has 2 aromatic carbocycles. The van der Waals surface area contributed by atoms with E-state index in [0.29, 0.717) is 21.4 Å². The molecule has 0 bridgehead atoms. The fraction of sp³-hybridized carbons (Fsp3) is 0.200. The zero-order chi connectivity index (χ0) is 21.2. The number of carbonyl (C=O) groups is 1. The van der Waals surface area contributed by atoms with Crippen molar-refractivity contribution in [3.05, 3.63) is 58.5 Å². The van der Waals surface area contributed by atoms with Crippen molar-refractivity contribution in [2.75, 3.05) is 17.8 Å². The Morgan fingerprint density at radius 1 is 1.17 bits per heavy atom. The second-order valence-corrected chi connectivity index (χ2v) is 9.53. The van der Waals surface area contributed by atoms with E-state index in [1.54, 1.807) is 25.1 Å². The minimum atomic E-state index is -3.69. The van der Waals surface area contributed by atoms with E-state index in [-0.39, 0.29) is 17.4 Å². The lowest BCUT2D eigenvalue weighted by atomic mass is 10.1. The van der Waals surface area contributed by atoms with Gasteiger partial charge in [-0.1, -0.05) is 42.2 Å². The summed E-state index contributed by atoms with van der Waals surface area (Å²) in [5, 5.41) is 0. The van der Waals surface area contributed by atoms with Crippen LogP contribution in [0.4, 0.5) is 5.69 Å². The van der Waals surface area contributed by atoms with Crippen LogP contribution in [0.1, 0.15) is 18.1 Å². The first-order valence-electron chi connectivity index (χ1n) is 8.69. The Bertz CT molecular complexity index is 1110. The Morgan fingerprint density at radius 3 is 2.59 bits per heavy atom. The van der Waals surface area contributed by atoms with E-state index in [1.165, 1.54) is 22.7 Å². The number of hydrogen-bond donors (Lipinski definition) is 0. The average molecular weight is 450 g/mol. The molecular weight excluding hydrogens is 430 g/mol. The molecule has 6 nitrogen and oxygen atoms in total. The van der Waals surface area contributed by atoms with Gasteiger partial charge in [0.2, 0.25) is 0 Å². The summed E-state index contributed by atoms with van der Waals surface area (Å²) in [6, 6.07) is 12.3. The van der Waals surface area contributed by atoms with Gasteiger partial charge in [0.1, 0.15) is 0 Å². The molecule has 0 unspecified atom stereocenters. The molecule has 0 atom stereocenters. The quantitative estimate of drug-likeness (QED) is 0.373. The molecular formula is C20H19NO5S3. The lowest BCUT2D eigenvalue weighted by Gasteiger charge is -2.14. The van der Waals surface area contributed by atoms with Crippen molar-refractivity contribution in [1.29, 1.82) is 0 Å². The Balaban J connectivity index is 1.92. The number of benzene rings is 2. The first-order chi connectivity index (χ1) is 13.7. The van der Waals surface area contributed by atoms with Crippen molar-refractivity contribution >= 4 is 56.1 Å². The van der Waals surface area contributed by atoms with Gasteiger partial charge in [-0.2, -0.15) is 8.42 Å². The smallest absolute Gasteiger partial charge is 0.306 e. The number of hydrogen-bond acceptors (Lipinski definition) is 7. The molecule has 152 valence electrons. The van der Waals surface area contributed by atoms with E-state index in [0.717, 1.165) is 17.5 Å². The van der Waals surface area contributed by atoms with E-state index in [4.69, 9.17) is 21.1 Å². The fourth-order valence-corrected chi connectivity index (χ4v) is 4.49. The summed E-state index contributed by atoms with van der Waals surface area (Å²) in [6.45, 7) is 4.06. The fourth-order valence-electron chi connectivity index (χ4n) is 2.72. The molecule has 0 spiro atoms. The molecule has 1 aliphatic heterocycles. The highest BCUT2D eigenvalue weighted by Gasteiger charge is 2.33. The number of thioether (sulfide) groups is 1. The Hall–Kier alpha value is -2.36. The highest BCUT2D eigenvalue weighted by atomic mass is 32.2. The number of anilines is 1. The third kappa shape index (κ3) is 5.17. The number of thiocarbonyl (C=S) groups is 1. The number of carbonyl (C=O) groups excluding carboxylic acids is 1. The molecule has 0 saturated carbocycles. The number of amides is 1. The molecule has 0 aliphatic carbocycles. The van der Waals surface area contributed by atoms with Crippen LogP contribution >= 0.6 is 24.0 Å². The summed E-state index contributed by atoms with van der Waals surface area (Å²) < 4.78 is 33.8. The van der Waals surface area contributed by atoms with Gasteiger partial charge in [-0.3, -0.25) is 9.69 Å². The second kappa shape index (κ2) is 8.56. The van der Waals surface area contributed by atoms with Crippen LogP contribution < -0.4 is 13.8 Å². The van der Waals surface area contributed by atoms with Crippen LogP contribution in [0.15, 0.2) is 47.4 Å². The molecule has 1 saturated heterocycles. The van der Waals surface area contributed by atoms with Crippen LogP contribution in [0, 0.1) is 6.92 Å². The van der Waals surface area contributed by atoms with Crippen molar-refractivity contribution in [1.82, 2.24) is 0 Å². The number of aryl methyl sites for hydroxylation is 1. The maximum Gasteiger partial charge on any atom is 0.306 e. The molecule has 0 radical (unpaired) electrons. The van der Waals surface area contributed by atoms with E-state index >= 15 is 0 Å². The molecule has 0 N–H and O–H groups in total. The molecule has 1 amide bonds. The number of rotatable bonds is 6. The SMILES string of the molecule is CCOc1cc(/C=C2\SC(=S)N(c3cccc(C)c3)C2=O)ccc1OS(C)(=O)=O. The summed E-state index contributed by atoms with van der Waals surface area (Å²) in [6.07, 6.45) is 2.66. The molecule has 1 heterocycles. The van der Waals surface area contributed by atoms with Gasteiger partial charge in [0.05, 0.1) is 23.5 Å². The third-order valence-corrected chi connectivity index (χ3v) is 5.64. The van der Waals surface area contributed by atoms with Gasteiger partial charge in [-0.05, 0) is 55.3 Å². The standard InChI is InChI=1S/C20H19NO5S3/c1-4-25-17-11-14(8-9-16(17)26-29(3,23)24)12-18-19(22)21(20(27)28-18)15-7-5-6-13(2)10-15/h5-12H,4H2,1-3H3/b18-12-. The second-order valence-electron chi connectivity index (χ2n) is 6.28. The lowest BCUT2D eigenvalue weighted by Crippen LogP contribution is -2.27. The summed E-state index contributed by atoms with van der Waals surface area (Å²) >= 11 is 6.61. The molecule has 1 aliphatic rings. The van der Waals surface area contributed by atoms with Gasteiger partial charge in [0, 0.05) is 0 Å². The largest absolute Gasteiger partial charge is 0.490 e. The first kappa shape index (κ1) is 21.4. The number of ether oxygens (including phenoxy) is 1. The molecule has 3 rings (SSSR count). The average Bonchev–Trinajstić information content (AvgIpc) is 2.90. The molecule has 1 fully saturated rings. The normalized spacial score (nSPS) is 15.8. The summed E-state index contributed by atoms with van der Waals surface area (Å²) in [5.41, 5.74) is 2.42. The van der Waals surface area contributed by atoms with Crippen LogP contribution in [0.25, 0.3) is 6.08 Å². The van der Waals surface area contributed by atoms with Crippen LogP contribution in [0.2, 0.25) is 0 Å². The third-order valence-electron chi connectivity index (χ3n) is 3.86. The van der Waals surface area contributed by atoms with E-state index in [2.05, 4.69) is 0 Å². The first-order valence-corrected chi connectivity index (χ1v) is 11.7. The molecule has 9 heteroatoms. The predicted molar refractivity (Wildman–Crippen MR) is 120 cm³/mol. The van der Waals surface area contributed by atoms with Gasteiger partial charge in [0.15, 0.2) is 15.8 Å². The van der Waals surface area contributed by atoms with E-state index in [1.807, 2.05) is 31.2 Å². The predicted octanol–water partition coefficient (Wildman–Crippen LogP) is 4.14. The van der Waals surface area contributed by atoms with Crippen LogP contribution in [0.3, 0.4) is 0 Å². The van der Waals surface area contributed by atoms with E-state index in [9.17, 15) is 13.2 Å². The van der Waals surface area contributed by atoms with Crippen molar-refractivity contribution in [3.63, 3.8) is 0 Å². The van der Waals surface area contributed by atoms with Crippen molar-refractivity contribution in [2.45, 2.75) is 13.8 Å². The summed E-state index contributed by atoms with van der Waals surface area (Å²) in [4.78, 5) is 14.9. The number of nitrogens with zero attached hydrogens (tertiary/aromatic N) is 1. The minimum Gasteiger partial charge on any atom is -0.490 e. The van der Waals surface area contributed by atoms with E-state index < -0.39 is 10.1 Å². The van der Waals surface area contributed by atoms with Crippen molar-refractivity contribution < 1.29 is 22.1 Å². The maximum absolute atomic E-state index is 12.9. The van der Waals surface area contributed by atoms with Gasteiger partial charge in [-0.15, -0.1) is 0 Å². The Kier molecular flexibility index (Phi) is 6.30. The molecule has 0 aromatic heterocycles. The summed E-state index contributed by atoms with van der Waals surface area (Å²) in [7, 11) is -3.69. The minimum absolute atomic E-state index is 0.0961. The zero-order valence-corrected chi connectivity index (χ0v) is 18.5. The van der Waals surface area contributed by atoms with Crippen molar-refractivity contribution in [3.8, 4) is 11.5 Å². The van der Waals surface area contributed by atoms with Gasteiger partial charge in [-0.25, -0.2) is 0 Å². The van der Waals surface area contributed by atoms with Crippen LogP contribution in [-0.4, -0.2) is 31.5 Å². The van der Waals surface area contributed by atoms with Crippen LogP contribution in [-0.2, 0) is 14.9 Å².